The Labute approximate surface area is 131 Å². The highest BCUT2D eigenvalue weighted by Crippen LogP contribution is 2.29. The molecule has 0 fully saturated rings. The van der Waals surface area contributed by atoms with E-state index >= 15 is 0 Å². The number of methoxy groups -OCH3 is 1. The second-order valence-electron chi connectivity index (χ2n) is 4.57. The zero-order valence-electron chi connectivity index (χ0n) is 12.1. The first-order chi connectivity index (χ1) is 10.0. The van der Waals surface area contributed by atoms with Crippen LogP contribution in [0, 0.1) is 6.92 Å². The molecule has 2 heterocycles. The van der Waals surface area contributed by atoms with Gasteiger partial charge >= 0.3 is 0 Å². The zero-order valence-corrected chi connectivity index (χ0v) is 13.6. The monoisotopic (exact) mass is 328 g/mol. The van der Waals surface area contributed by atoms with Crippen molar-refractivity contribution in [1.82, 2.24) is 15.3 Å². The van der Waals surface area contributed by atoms with E-state index in [1.54, 1.807) is 25.4 Å². The van der Waals surface area contributed by atoms with Gasteiger partial charge in [-0.05, 0) is 31.5 Å². The molecule has 0 saturated heterocycles. The largest absolute Gasteiger partial charge is 0.383 e. The number of thiophene rings is 1. The number of nitrogens with zero attached hydrogens (tertiary/aromatic N) is 2. The number of halogens is 1. The smallest absolute Gasteiger partial charge is 0.242 e. The van der Waals surface area contributed by atoms with Gasteiger partial charge in [-0.15, -0.1) is 11.3 Å². The van der Waals surface area contributed by atoms with Gasteiger partial charge in [0, 0.05) is 18.5 Å². The quantitative estimate of drug-likeness (QED) is 0.628. The maximum Gasteiger partial charge on any atom is 0.242 e. The van der Waals surface area contributed by atoms with Gasteiger partial charge in [0.05, 0.1) is 12.0 Å². The molecule has 2 rings (SSSR count). The Hall–Kier alpha value is -1.44. The summed E-state index contributed by atoms with van der Waals surface area (Å²) in [7, 11) is 1.59. The average Bonchev–Trinajstić information content (AvgIpc) is 2.79. The standard InChI is InChI=1S/C13H17ClN4O2S/c1-7-6-9-10(17-13(14)18-12(9)21-7)16-8(2)11(19)15-4-5-20-3/h6,8H,4-5H2,1-3H3,(H,15,19)(H,16,17,18). The number of fused-ring (bicyclic) bond motifs is 1. The molecular weight excluding hydrogens is 312 g/mol. The van der Waals surface area contributed by atoms with Gasteiger partial charge < -0.3 is 15.4 Å². The summed E-state index contributed by atoms with van der Waals surface area (Å²) in [5.41, 5.74) is 0. The van der Waals surface area contributed by atoms with E-state index in [1.165, 1.54) is 0 Å². The van der Waals surface area contributed by atoms with Gasteiger partial charge in [0.15, 0.2) is 0 Å². The topological polar surface area (TPSA) is 76.1 Å². The molecule has 0 radical (unpaired) electrons. The number of ether oxygens (including phenoxy) is 1. The van der Waals surface area contributed by atoms with Crippen LogP contribution in [0.3, 0.4) is 0 Å². The van der Waals surface area contributed by atoms with Crippen LogP contribution in [0.1, 0.15) is 11.8 Å². The van der Waals surface area contributed by atoms with E-state index in [2.05, 4.69) is 20.6 Å². The van der Waals surface area contributed by atoms with Crippen LogP contribution >= 0.6 is 22.9 Å². The molecule has 0 spiro atoms. The minimum atomic E-state index is -0.434. The third-order valence-corrected chi connectivity index (χ3v) is 3.95. The van der Waals surface area contributed by atoms with Crippen molar-refractivity contribution < 1.29 is 9.53 Å². The Kier molecular flexibility index (Phi) is 5.33. The van der Waals surface area contributed by atoms with Crippen LogP contribution in [-0.2, 0) is 9.53 Å². The number of anilines is 1. The molecule has 0 aliphatic heterocycles. The molecular formula is C13H17ClN4O2S. The molecule has 0 bridgehead atoms. The molecule has 1 unspecified atom stereocenters. The summed E-state index contributed by atoms with van der Waals surface area (Å²) >= 11 is 7.47. The molecule has 0 aliphatic rings. The maximum atomic E-state index is 11.9. The van der Waals surface area contributed by atoms with E-state index < -0.39 is 6.04 Å². The van der Waals surface area contributed by atoms with Crippen molar-refractivity contribution >= 4 is 44.9 Å². The fourth-order valence-electron chi connectivity index (χ4n) is 1.83. The third-order valence-electron chi connectivity index (χ3n) is 2.84. The number of hydrogen-bond acceptors (Lipinski definition) is 6. The second-order valence-corrected chi connectivity index (χ2v) is 6.14. The summed E-state index contributed by atoms with van der Waals surface area (Å²) in [5, 5.41) is 6.89. The number of nitrogens with one attached hydrogen (secondary N) is 2. The second kappa shape index (κ2) is 7.02. The number of carbonyl (C=O) groups excluding carboxylic acids is 1. The molecule has 8 heteroatoms. The number of hydrogen-bond donors (Lipinski definition) is 2. The SMILES string of the molecule is COCCNC(=O)C(C)Nc1nc(Cl)nc2sc(C)cc12. The molecule has 21 heavy (non-hydrogen) atoms. The first-order valence-electron chi connectivity index (χ1n) is 6.48. The molecule has 6 nitrogen and oxygen atoms in total. The molecule has 1 amide bonds. The molecule has 0 saturated carbocycles. The van der Waals surface area contributed by atoms with Gasteiger partial charge in [-0.25, -0.2) is 9.97 Å². The lowest BCUT2D eigenvalue weighted by molar-refractivity contribution is -0.121. The minimum Gasteiger partial charge on any atom is -0.383 e. The molecule has 114 valence electrons. The summed E-state index contributed by atoms with van der Waals surface area (Å²) < 4.78 is 4.89. The maximum absolute atomic E-state index is 11.9. The Morgan fingerprint density at radius 2 is 2.29 bits per heavy atom. The molecule has 1 atom stereocenters. The number of carbonyl (C=O) groups is 1. The Bertz CT molecular complexity index is 646. The van der Waals surface area contributed by atoms with Gasteiger partial charge in [-0.2, -0.15) is 0 Å². The number of aryl methyl sites for hydroxylation is 1. The van der Waals surface area contributed by atoms with Gasteiger partial charge in [-0.3, -0.25) is 4.79 Å². The number of rotatable bonds is 6. The lowest BCUT2D eigenvalue weighted by Gasteiger charge is -2.15. The molecule has 0 aromatic carbocycles. The van der Waals surface area contributed by atoms with Crippen molar-refractivity contribution in [2.75, 3.05) is 25.6 Å². The Morgan fingerprint density at radius 3 is 3.00 bits per heavy atom. The van der Waals surface area contributed by atoms with E-state index in [1.807, 2.05) is 13.0 Å². The number of aromatic nitrogens is 2. The van der Waals surface area contributed by atoms with Crippen molar-refractivity contribution in [1.29, 1.82) is 0 Å². The van der Waals surface area contributed by atoms with E-state index in [0.29, 0.717) is 19.0 Å². The van der Waals surface area contributed by atoms with Crippen molar-refractivity contribution in [2.45, 2.75) is 19.9 Å². The van der Waals surface area contributed by atoms with Gasteiger partial charge in [0.25, 0.3) is 0 Å². The summed E-state index contributed by atoms with van der Waals surface area (Å²) in [4.78, 5) is 22.2. The molecule has 0 aliphatic carbocycles. The van der Waals surface area contributed by atoms with Crippen LogP contribution in [0.2, 0.25) is 5.28 Å². The summed E-state index contributed by atoms with van der Waals surface area (Å²) in [6.07, 6.45) is 0. The van der Waals surface area contributed by atoms with Crippen LogP contribution < -0.4 is 10.6 Å². The van der Waals surface area contributed by atoms with Gasteiger partial charge in [0.2, 0.25) is 11.2 Å². The molecule has 2 aromatic heterocycles. The predicted molar refractivity (Wildman–Crippen MR) is 85.1 cm³/mol. The highest BCUT2D eigenvalue weighted by molar-refractivity contribution is 7.18. The number of amides is 1. The average molecular weight is 329 g/mol. The van der Waals surface area contributed by atoms with Crippen molar-refractivity contribution in [3.63, 3.8) is 0 Å². The summed E-state index contributed by atoms with van der Waals surface area (Å²) in [6.45, 7) is 4.71. The van der Waals surface area contributed by atoms with Gasteiger partial charge in [0.1, 0.15) is 16.7 Å². The van der Waals surface area contributed by atoms with E-state index in [9.17, 15) is 4.79 Å². The Balaban J connectivity index is 2.13. The summed E-state index contributed by atoms with van der Waals surface area (Å²) in [5.74, 6) is 0.450. The van der Waals surface area contributed by atoms with Gasteiger partial charge in [-0.1, -0.05) is 0 Å². The third kappa shape index (κ3) is 4.03. The molecule has 2 N–H and O–H groups in total. The van der Waals surface area contributed by atoms with Crippen molar-refractivity contribution in [3.8, 4) is 0 Å². The van der Waals surface area contributed by atoms with E-state index in [0.717, 1.165) is 15.1 Å². The fraction of sp³-hybridized carbons (Fsp3) is 0.462. The first kappa shape index (κ1) is 15.9. The van der Waals surface area contributed by atoms with Crippen LogP contribution in [-0.4, -0.2) is 42.2 Å². The highest BCUT2D eigenvalue weighted by Gasteiger charge is 2.16. The van der Waals surface area contributed by atoms with E-state index in [-0.39, 0.29) is 11.2 Å². The summed E-state index contributed by atoms with van der Waals surface area (Å²) in [6, 6.07) is 1.55. The predicted octanol–water partition coefficient (Wildman–Crippen LogP) is 2.22. The zero-order chi connectivity index (χ0) is 15.4. The van der Waals surface area contributed by atoms with Crippen LogP contribution in [0.5, 0.6) is 0 Å². The van der Waals surface area contributed by atoms with Crippen molar-refractivity contribution in [2.24, 2.45) is 0 Å². The van der Waals surface area contributed by atoms with Crippen LogP contribution in [0.15, 0.2) is 6.07 Å². The van der Waals surface area contributed by atoms with Crippen LogP contribution in [0.4, 0.5) is 5.82 Å². The van der Waals surface area contributed by atoms with Crippen molar-refractivity contribution in [3.05, 3.63) is 16.2 Å². The Morgan fingerprint density at radius 1 is 1.52 bits per heavy atom. The first-order valence-corrected chi connectivity index (χ1v) is 7.67. The highest BCUT2D eigenvalue weighted by atomic mass is 35.5. The van der Waals surface area contributed by atoms with E-state index in [4.69, 9.17) is 16.3 Å². The lowest BCUT2D eigenvalue weighted by Crippen LogP contribution is -2.39. The lowest BCUT2D eigenvalue weighted by atomic mass is 10.3. The minimum absolute atomic E-state index is 0.123. The van der Waals surface area contributed by atoms with Crippen LogP contribution in [0.25, 0.3) is 10.2 Å². The normalized spacial score (nSPS) is 12.4. The molecule has 2 aromatic rings. The fourth-order valence-corrected chi connectivity index (χ4v) is 2.92.